The fraction of sp³-hybridized carbons (Fsp3) is 0.353. The van der Waals surface area contributed by atoms with Crippen LogP contribution in [0.25, 0.3) is 5.65 Å². The SMILES string of the molecule is Cc1cccc(N2CCC(c3nnc4ccccn34)CC2)n1. The Morgan fingerprint density at radius 2 is 1.86 bits per heavy atom. The van der Waals surface area contributed by atoms with Gasteiger partial charge in [-0.1, -0.05) is 12.1 Å². The van der Waals surface area contributed by atoms with Crippen LogP contribution >= 0.6 is 0 Å². The highest BCUT2D eigenvalue weighted by molar-refractivity contribution is 5.41. The maximum atomic E-state index is 4.63. The Morgan fingerprint density at radius 3 is 2.68 bits per heavy atom. The monoisotopic (exact) mass is 293 g/mol. The van der Waals surface area contributed by atoms with Gasteiger partial charge in [0.15, 0.2) is 5.65 Å². The van der Waals surface area contributed by atoms with Crippen LogP contribution < -0.4 is 4.90 Å². The topological polar surface area (TPSA) is 46.3 Å². The third-order valence-electron chi connectivity index (χ3n) is 4.40. The molecule has 0 saturated carbocycles. The zero-order valence-electron chi connectivity index (χ0n) is 12.7. The van der Waals surface area contributed by atoms with Crippen molar-refractivity contribution in [2.24, 2.45) is 0 Å². The maximum Gasteiger partial charge on any atom is 0.160 e. The summed E-state index contributed by atoms with van der Waals surface area (Å²) in [5.74, 6) is 2.65. The van der Waals surface area contributed by atoms with Crippen molar-refractivity contribution in [1.29, 1.82) is 0 Å². The average molecular weight is 293 g/mol. The van der Waals surface area contributed by atoms with Crippen molar-refractivity contribution in [2.45, 2.75) is 25.7 Å². The molecule has 1 aliphatic rings. The predicted molar refractivity (Wildman–Crippen MR) is 86.1 cm³/mol. The number of hydrogen-bond acceptors (Lipinski definition) is 4. The molecule has 0 atom stereocenters. The number of aromatic nitrogens is 4. The number of anilines is 1. The van der Waals surface area contributed by atoms with E-state index >= 15 is 0 Å². The van der Waals surface area contributed by atoms with Gasteiger partial charge >= 0.3 is 0 Å². The number of aryl methyl sites for hydroxylation is 1. The van der Waals surface area contributed by atoms with Crippen LogP contribution in [0.4, 0.5) is 5.82 Å². The van der Waals surface area contributed by atoms with Crippen LogP contribution in [0, 0.1) is 6.92 Å². The van der Waals surface area contributed by atoms with E-state index in [0.29, 0.717) is 5.92 Å². The smallest absolute Gasteiger partial charge is 0.160 e. The van der Waals surface area contributed by atoms with Crippen molar-refractivity contribution in [3.8, 4) is 0 Å². The summed E-state index contributed by atoms with van der Waals surface area (Å²) in [6, 6.07) is 12.3. The maximum absolute atomic E-state index is 4.63. The van der Waals surface area contributed by atoms with E-state index in [1.54, 1.807) is 0 Å². The minimum atomic E-state index is 0.471. The van der Waals surface area contributed by atoms with E-state index in [1.807, 2.05) is 31.2 Å². The lowest BCUT2D eigenvalue weighted by Gasteiger charge is -2.32. The molecule has 5 nitrogen and oxygen atoms in total. The molecule has 112 valence electrons. The second-order valence-electron chi connectivity index (χ2n) is 5.89. The normalized spacial score (nSPS) is 16.3. The summed E-state index contributed by atoms with van der Waals surface area (Å²) in [5, 5.41) is 8.68. The van der Waals surface area contributed by atoms with Crippen molar-refractivity contribution < 1.29 is 0 Å². The van der Waals surface area contributed by atoms with Crippen molar-refractivity contribution in [3.05, 3.63) is 54.1 Å². The highest BCUT2D eigenvalue weighted by Gasteiger charge is 2.25. The lowest BCUT2D eigenvalue weighted by Crippen LogP contribution is -2.34. The minimum Gasteiger partial charge on any atom is -0.357 e. The van der Waals surface area contributed by atoms with E-state index in [9.17, 15) is 0 Å². The van der Waals surface area contributed by atoms with Gasteiger partial charge in [0, 0.05) is 30.9 Å². The van der Waals surface area contributed by atoms with Crippen molar-refractivity contribution in [1.82, 2.24) is 19.6 Å². The summed E-state index contributed by atoms with van der Waals surface area (Å²) in [6.45, 7) is 4.07. The first kappa shape index (κ1) is 13.2. The number of hydrogen-bond donors (Lipinski definition) is 0. The highest BCUT2D eigenvalue weighted by atomic mass is 15.3. The lowest BCUT2D eigenvalue weighted by molar-refractivity contribution is 0.480. The van der Waals surface area contributed by atoms with Crippen LogP contribution in [0.5, 0.6) is 0 Å². The number of piperidine rings is 1. The Balaban J connectivity index is 1.52. The van der Waals surface area contributed by atoms with Crippen molar-refractivity contribution >= 4 is 11.5 Å². The lowest BCUT2D eigenvalue weighted by atomic mass is 9.96. The summed E-state index contributed by atoms with van der Waals surface area (Å²) >= 11 is 0. The van der Waals surface area contributed by atoms with Gasteiger partial charge in [-0.3, -0.25) is 4.40 Å². The fourth-order valence-electron chi connectivity index (χ4n) is 3.21. The van der Waals surface area contributed by atoms with Gasteiger partial charge in [0.05, 0.1) is 0 Å². The minimum absolute atomic E-state index is 0.471. The van der Waals surface area contributed by atoms with Crippen LogP contribution in [0.1, 0.15) is 30.3 Å². The van der Waals surface area contributed by atoms with Crippen LogP contribution in [0.15, 0.2) is 42.6 Å². The molecule has 0 N–H and O–H groups in total. The molecule has 3 aromatic heterocycles. The van der Waals surface area contributed by atoms with Gasteiger partial charge < -0.3 is 4.90 Å². The van der Waals surface area contributed by atoms with Crippen LogP contribution in [-0.2, 0) is 0 Å². The Hall–Kier alpha value is -2.43. The molecule has 5 heteroatoms. The van der Waals surface area contributed by atoms with Gasteiger partial charge in [0.2, 0.25) is 0 Å². The zero-order valence-corrected chi connectivity index (χ0v) is 12.7. The first-order chi connectivity index (χ1) is 10.8. The molecule has 0 spiro atoms. The number of rotatable bonds is 2. The van der Waals surface area contributed by atoms with E-state index in [4.69, 9.17) is 0 Å². The molecule has 0 bridgehead atoms. The summed E-state index contributed by atoms with van der Waals surface area (Å²) < 4.78 is 2.12. The van der Waals surface area contributed by atoms with E-state index in [2.05, 4.69) is 42.8 Å². The van der Waals surface area contributed by atoms with E-state index in [-0.39, 0.29) is 0 Å². The Kier molecular flexibility index (Phi) is 3.25. The number of fused-ring (bicyclic) bond motifs is 1. The van der Waals surface area contributed by atoms with Gasteiger partial charge in [0.25, 0.3) is 0 Å². The molecule has 0 aliphatic carbocycles. The Bertz CT molecular complexity index is 786. The van der Waals surface area contributed by atoms with E-state index in [1.165, 1.54) is 0 Å². The highest BCUT2D eigenvalue weighted by Crippen LogP contribution is 2.29. The summed E-state index contributed by atoms with van der Waals surface area (Å²) in [4.78, 5) is 7.00. The molecule has 4 heterocycles. The van der Waals surface area contributed by atoms with Gasteiger partial charge in [-0.15, -0.1) is 10.2 Å². The van der Waals surface area contributed by atoms with Gasteiger partial charge in [-0.25, -0.2) is 4.98 Å². The molecule has 0 radical (unpaired) electrons. The summed E-state index contributed by atoms with van der Waals surface area (Å²) in [5.41, 5.74) is 2.00. The Morgan fingerprint density at radius 1 is 1.00 bits per heavy atom. The average Bonchev–Trinajstić information content (AvgIpc) is 2.99. The second-order valence-corrected chi connectivity index (χ2v) is 5.89. The summed E-state index contributed by atoms with van der Waals surface area (Å²) in [7, 11) is 0. The molecule has 22 heavy (non-hydrogen) atoms. The molecule has 3 aromatic rings. The second kappa shape index (κ2) is 5.40. The Labute approximate surface area is 129 Å². The molecule has 4 rings (SSSR count). The molecular formula is C17H19N5. The first-order valence-corrected chi connectivity index (χ1v) is 7.79. The molecule has 0 unspecified atom stereocenters. The zero-order chi connectivity index (χ0) is 14.9. The van der Waals surface area contributed by atoms with E-state index in [0.717, 1.165) is 48.9 Å². The van der Waals surface area contributed by atoms with Crippen LogP contribution in [-0.4, -0.2) is 32.7 Å². The van der Waals surface area contributed by atoms with Gasteiger partial charge in [-0.05, 0) is 44.0 Å². The van der Waals surface area contributed by atoms with Crippen molar-refractivity contribution in [3.63, 3.8) is 0 Å². The van der Waals surface area contributed by atoms with Gasteiger partial charge in [0.1, 0.15) is 11.6 Å². The molecule has 0 amide bonds. The van der Waals surface area contributed by atoms with E-state index < -0.39 is 0 Å². The molecular weight excluding hydrogens is 274 g/mol. The largest absolute Gasteiger partial charge is 0.357 e. The first-order valence-electron chi connectivity index (χ1n) is 7.79. The molecule has 1 aliphatic heterocycles. The quantitative estimate of drug-likeness (QED) is 0.729. The number of pyridine rings is 2. The third kappa shape index (κ3) is 2.32. The van der Waals surface area contributed by atoms with Gasteiger partial charge in [-0.2, -0.15) is 0 Å². The molecule has 0 aromatic carbocycles. The van der Waals surface area contributed by atoms with Crippen molar-refractivity contribution in [2.75, 3.05) is 18.0 Å². The molecule has 1 saturated heterocycles. The predicted octanol–water partition coefficient (Wildman–Crippen LogP) is 2.82. The number of nitrogens with zero attached hydrogens (tertiary/aromatic N) is 5. The van der Waals surface area contributed by atoms with Crippen LogP contribution in [0.3, 0.4) is 0 Å². The van der Waals surface area contributed by atoms with Crippen LogP contribution in [0.2, 0.25) is 0 Å². The third-order valence-corrected chi connectivity index (χ3v) is 4.40. The molecule has 1 fully saturated rings. The standard InChI is InChI=1S/C17H19N5/c1-13-5-4-7-15(18-13)21-11-8-14(9-12-21)17-20-19-16-6-2-3-10-22(16)17/h2-7,10,14H,8-9,11-12H2,1H3. The summed E-state index contributed by atoms with van der Waals surface area (Å²) in [6.07, 6.45) is 4.23. The fourth-order valence-corrected chi connectivity index (χ4v) is 3.21.